The monoisotopic (exact) mass is 393 g/mol. The van der Waals surface area contributed by atoms with E-state index < -0.39 is 0 Å². The molecule has 0 saturated carbocycles. The third-order valence-corrected chi connectivity index (χ3v) is 3.63. The van der Waals surface area contributed by atoms with Crippen molar-refractivity contribution in [1.82, 2.24) is 5.43 Å². The Morgan fingerprint density at radius 2 is 1.92 bits per heavy atom. The van der Waals surface area contributed by atoms with Crippen LogP contribution in [0.3, 0.4) is 0 Å². The zero-order chi connectivity index (χ0) is 18.9. The number of nitrogens with two attached hydrogens (primary N) is 1. The second-order valence-electron chi connectivity index (χ2n) is 5.28. The van der Waals surface area contributed by atoms with Gasteiger partial charge in [-0.25, -0.2) is 0 Å². The van der Waals surface area contributed by atoms with Crippen LogP contribution >= 0.6 is 23.8 Å². The number of ether oxygens (including phenoxy) is 3. The van der Waals surface area contributed by atoms with Crippen molar-refractivity contribution >= 4 is 35.1 Å². The van der Waals surface area contributed by atoms with Crippen LogP contribution in [0.4, 0.5) is 0 Å². The summed E-state index contributed by atoms with van der Waals surface area (Å²) in [6.45, 7) is 2.72. The Bertz CT molecular complexity index is 782. The van der Waals surface area contributed by atoms with Crippen LogP contribution in [0.2, 0.25) is 5.02 Å². The van der Waals surface area contributed by atoms with Crippen LogP contribution in [0.1, 0.15) is 11.1 Å². The number of halogens is 1. The largest absolute Gasteiger partial charge is 0.493 e. The third-order valence-electron chi connectivity index (χ3n) is 3.26. The molecule has 0 bridgehead atoms. The molecule has 3 N–H and O–H groups in total. The second-order valence-corrected chi connectivity index (χ2v) is 6.13. The SMILES string of the molecule is COc1cc(/C=N/NC(N)=S)cc(Cl)c1OCCOc1ccc(C)cc1. The highest BCUT2D eigenvalue weighted by atomic mass is 35.5. The van der Waals surface area contributed by atoms with Crippen LogP contribution in [0.15, 0.2) is 41.5 Å². The molecule has 8 heteroatoms. The lowest BCUT2D eigenvalue weighted by atomic mass is 10.2. The van der Waals surface area contributed by atoms with Crippen molar-refractivity contribution in [3.05, 3.63) is 52.5 Å². The molecule has 0 aliphatic carbocycles. The number of hydrogen-bond acceptors (Lipinski definition) is 5. The summed E-state index contributed by atoms with van der Waals surface area (Å²) in [6.07, 6.45) is 1.53. The van der Waals surface area contributed by atoms with Crippen LogP contribution in [0.25, 0.3) is 0 Å². The molecule has 0 fully saturated rings. The molecule has 138 valence electrons. The summed E-state index contributed by atoms with van der Waals surface area (Å²) in [5.74, 6) is 1.72. The molecule has 0 spiro atoms. The fraction of sp³-hybridized carbons (Fsp3) is 0.222. The van der Waals surface area contributed by atoms with E-state index in [-0.39, 0.29) is 5.11 Å². The Balaban J connectivity index is 1.96. The summed E-state index contributed by atoms with van der Waals surface area (Å²) in [4.78, 5) is 0. The van der Waals surface area contributed by atoms with E-state index in [1.54, 1.807) is 12.1 Å². The van der Waals surface area contributed by atoms with E-state index in [4.69, 9.17) is 31.5 Å². The van der Waals surface area contributed by atoms with Gasteiger partial charge in [0.25, 0.3) is 0 Å². The zero-order valence-electron chi connectivity index (χ0n) is 14.5. The van der Waals surface area contributed by atoms with Gasteiger partial charge in [0.15, 0.2) is 16.6 Å². The minimum absolute atomic E-state index is 0.0767. The Labute approximate surface area is 162 Å². The lowest BCUT2D eigenvalue weighted by Gasteiger charge is -2.14. The Morgan fingerprint density at radius 1 is 1.23 bits per heavy atom. The normalized spacial score (nSPS) is 10.6. The van der Waals surface area contributed by atoms with Crippen molar-refractivity contribution in [2.75, 3.05) is 20.3 Å². The van der Waals surface area contributed by atoms with Crippen LogP contribution < -0.4 is 25.4 Å². The molecular formula is C18H20ClN3O3S. The molecule has 0 aliphatic rings. The number of nitrogens with one attached hydrogen (secondary N) is 1. The first kappa shape index (κ1) is 19.8. The van der Waals surface area contributed by atoms with E-state index in [0.717, 1.165) is 5.75 Å². The summed E-state index contributed by atoms with van der Waals surface area (Å²) < 4.78 is 16.7. The molecule has 0 unspecified atom stereocenters. The van der Waals surface area contributed by atoms with Crippen molar-refractivity contribution in [3.63, 3.8) is 0 Å². The summed E-state index contributed by atoms with van der Waals surface area (Å²) >= 11 is 11.0. The van der Waals surface area contributed by atoms with Crippen molar-refractivity contribution in [1.29, 1.82) is 0 Å². The minimum atomic E-state index is 0.0767. The van der Waals surface area contributed by atoms with E-state index in [0.29, 0.717) is 35.3 Å². The van der Waals surface area contributed by atoms with E-state index in [9.17, 15) is 0 Å². The predicted molar refractivity (Wildman–Crippen MR) is 108 cm³/mol. The van der Waals surface area contributed by atoms with E-state index in [1.807, 2.05) is 31.2 Å². The van der Waals surface area contributed by atoms with E-state index >= 15 is 0 Å². The maximum absolute atomic E-state index is 6.29. The van der Waals surface area contributed by atoms with E-state index in [1.165, 1.54) is 18.9 Å². The number of aryl methyl sites for hydroxylation is 1. The van der Waals surface area contributed by atoms with Gasteiger partial charge in [0, 0.05) is 0 Å². The molecule has 0 amide bonds. The van der Waals surface area contributed by atoms with Crippen LogP contribution in [-0.2, 0) is 0 Å². The minimum Gasteiger partial charge on any atom is -0.493 e. The summed E-state index contributed by atoms with van der Waals surface area (Å²) in [6, 6.07) is 11.2. The van der Waals surface area contributed by atoms with Crippen LogP contribution in [0.5, 0.6) is 17.2 Å². The van der Waals surface area contributed by atoms with Crippen molar-refractivity contribution < 1.29 is 14.2 Å². The maximum atomic E-state index is 6.29. The number of rotatable bonds is 8. The smallest absolute Gasteiger partial charge is 0.184 e. The van der Waals surface area contributed by atoms with Gasteiger partial charge < -0.3 is 19.9 Å². The molecule has 0 aliphatic heterocycles. The Morgan fingerprint density at radius 3 is 2.58 bits per heavy atom. The highest BCUT2D eigenvalue weighted by Crippen LogP contribution is 2.36. The second kappa shape index (κ2) is 9.84. The summed E-state index contributed by atoms with van der Waals surface area (Å²) in [5.41, 5.74) is 9.67. The first-order valence-corrected chi connectivity index (χ1v) is 8.56. The summed E-state index contributed by atoms with van der Waals surface area (Å²) in [5, 5.41) is 4.36. The quantitative estimate of drug-likeness (QED) is 0.310. The first-order valence-electron chi connectivity index (χ1n) is 7.78. The molecule has 0 atom stereocenters. The zero-order valence-corrected chi connectivity index (χ0v) is 16.1. The van der Waals surface area contributed by atoms with E-state index in [2.05, 4.69) is 22.7 Å². The maximum Gasteiger partial charge on any atom is 0.184 e. The fourth-order valence-electron chi connectivity index (χ4n) is 2.06. The molecule has 0 aromatic heterocycles. The number of hydrazone groups is 1. The highest BCUT2D eigenvalue weighted by Gasteiger charge is 2.11. The highest BCUT2D eigenvalue weighted by molar-refractivity contribution is 7.80. The van der Waals surface area contributed by atoms with Crippen molar-refractivity contribution in [2.24, 2.45) is 10.8 Å². The standard InChI is InChI=1S/C18H20ClN3O3S/c1-12-3-5-14(6-4-12)24-7-8-25-17-15(19)9-13(10-16(17)23-2)11-21-22-18(20)26/h3-6,9-11H,7-8H2,1-2H3,(H3,20,22,26)/b21-11+. The van der Waals surface area contributed by atoms with Crippen LogP contribution in [0, 0.1) is 6.92 Å². The first-order chi connectivity index (χ1) is 12.5. The predicted octanol–water partition coefficient (Wildman–Crippen LogP) is 3.28. The molecule has 2 aromatic carbocycles. The van der Waals surface area contributed by atoms with Gasteiger partial charge >= 0.3 is 0 Å². The Hall–Kier alpha value is -2.51. The third kappa shape index (κ3) is 6.09. The molecule has 0 heterocycles. The van der Waals surface area contributed by atoms with Gasteiger partial charge in [0.05, 0.1) is 18.3 Å². The Kier molecular flexibility index (Phi) is 7.50. The number of methoxy groups -OCH3 is 1. The average Bonchev–Trinajstić information content (AvgIpc) is 2.61. The van der Waals surface area contributed by atoms with Crippen LogP contribution in [-0.4, -0.2) is 31.7 Å². The average molecular weight is 394 g/mol. The number of hydrogen-bond donors (Lipinski definition) is 2. The van der Waals surface area contributed by atoms with Gasteiger partial charge in [-0.05, 0) is 49.0 Å². The topological polar surface area (TPSA) is 78.1 Å². The van der Waals surface area contributed by atoms with Gasteiger partial charge in [-0.15, -0.1) is 0 Å². The molecule has 2 aromatic rings. The molecule has 26 heavy (non-hydrogen) atoms. The molecular weight excluding hydrogens is 374 g/mol. The summed E-state index contributed by atoms with van der Waals surface area (Å²) in [7, 11) is 1.54. The van der Waals surface area contributed by atoms with Crippen molar-refractivity contribution in [3.8, 4) is 17.2 Å². The number of nitrogens with zero attached hydrogens (tertiary/aromatic N) is 1. The fourth-order valence-corrected chi connectivity index (χ4v) is 2.39. The van der Waals surface area contributed by atoms with Gasteiger partial charge in [-0.3, -0.25) is 5.43 Å². The number of thiocarbonyl (C=S) groups is 1. The number of benzene rings is 2. The molecule has 0 saturated heterocycles. The lowest BCUT2D eigenvalue weighted by Crippen LogP contribution is -2.23. The van der Waals surface area contributed by atoms with Gasteiger partial charge in [0.1, 0.15) is 19.0 Å². The molecule has 2 rings (SSSR count). The molecule has 6 nitrogen and oxygen atoms in total. The van der Waals surface area contributed by atoms with Crippen molar-refractivity contribution in [2.45, 2.75) is 6.92 Å². The lowest BCUT2D eigenvalue weighted by molar-refractivity contribution is 0.211. The van der Waals surface area contributed by atoms with Gasteiger partial charge in [-0.2, -0.15) is 5.10 Å². The van der Waals surface area contributed by atoms with Gasteiger partial charge in [-0.1, -0.05) is 29.3 Å². The molecule has 0 radical (unpaired) electrons. The van der Waals surface area contributed by atoms with Gasteiger partial charge in [0.2, 0.25) is 0 Å².